The fraction of sp³-hybridized carbons (Fsp3) is 0.769. The molecule has 1 fully saturated rings. The molecule has 1 aliphatic heterocycles. The molecule has 1 N–H and O–H groups in total. The van der Waals surface area contributed by atoms with E-state index in [9.17, 15) is 4.79 Å². The third-order valence-electron chi connectivity index (χ3n) is 3.44. The average Bonchev–Trinajstić information content (AvgIpc) is 3.04. The molecule has 2 heterocycles. The molecule has 1 amide bonds. The van der Waals surface area contributed by atoms with Crippen LogP contribution in [-0.2, 0) is 4.79 Å². The molecular formula is C13H22N4O2. The van der Waals surface area contributed by atoms with Gasteiger partial charge in [0.25, 0.3) is 0 Å². The first-order valence-corrected chi connectivity index (χ1v) is 7.01. The number of carbonyl (C=O) groups is 1. The standard InChI is InChI=1S/C13H22N4O2/c1-3-11(13-14-10(2)16-19-13)15-12(18)6-9-17-7-4-5-8-17/h11H,3-9H2,1-2H3,(H,15,18)/t11-/m1/s1. The van der Waals surface area contributed by atoms with Crippen molar-refractivity contribution < 1.29 is 9.32 Å². The van der Waals surface area contributed by atoms with Crippen LogP contribution in [0.1, 0.15) is 50.4 Å². The Morgan fingerprint density at radius 1 is 1.47 bits per heavy atom. The molecule has 6 heteroatoms. The zero-order valence-corrected chi connectivity index (χ0v) is 11.7. The molecule has 0 aliphatic carbocycles. The van der Waals surface area contributed by atoms with Gasteiger partial charge in [0.2, 0.25) is 11.8 Å². The van der Waals surface area contributed by atoms with E-state index in [1.807, 2.05) is 6.92 Å². The summed E-state index contributed by atoms with van der Waals surface area (Å²) in [5.74, 6) is 1.14. The minimum Gasteiger partial charge on any atom is -0.344 e. The van der Waals surface area contributed by atoms with E-state index in [2.05, 4.69) is 20.4 Å². The van der Waals surface area contributed by atoms with Crippen LogP contribution in [0.4, 0.5) is 0 Å². The number of aromatic nitrogens is 2. The molecule has 106 valence electrons. The van der Waals surface area contributed by atoms with Crippen LogP contribution in [0.2, 0.25) is 0 Å². The Morgan fingerprint density at radius 3 is 2.79 bits per heavy atom. The van der Waals surface area contributed by atoms with E-state index in [-0.39, 0.29) is 11.9 Å². The zero-order valence-electron chi connectivity index (χ0n) is 11.7. The Bertz CT molecular complexity index is 413. The summed E-state index contributed by atoms with van der Waals surface area (Å²) >= 11 is 0. The van der Waals surface area contributed by atoms with E-state index in [0.717, 1.165) is 26.1 Å². The van der Waals surface area contributed by atoms with Gasteiger partial charge >= 0.3 is 0 Å². The minimum absolute atomic E-state index is 0.0506. The van der Waals surface area contributed by atoms with Gasteiger partial charge < -0.3 is 14.7 Å². The number of hydrogen-bond donors (Lipinski definition) is 1. The topological polar surface area (TPSA) is 71.3 Å². The fourth-order valence-corrected chi connectivity index (χ4v) is 2.33. The largest absolute Gasteiger partial charge is 0.344 e. The molecule has 1 aromatic heterocycles. The van der Waals surface area contributed by atoms with Crippen molar-refractivity contribution in [2.45, 2.75) is 45.6 Å². The van der Waals surface area contributed by atoms with Crippen molar-refractivity contribution in [2.24, 2.45) is 0 Å². The van der Waals surface area contributed by atoms with Crippen molar-refractivity contribution in [3.8, 4) is 0 Å². The number of rotatable bonds is 6. The molecule has 0 unspecified atom stereocenters. The van der Waals surface area contributed by atoms with Gasteiger partial charge in [0, 0.05) is 13.0 Å². The smallest absolute Gasteiger partial charge is 0.249 e. The average molecular weight is 266 g/mol. The van der Waals surface area contributed by atoms with E-state index in [1.54, 1.807) is 6.92 Å². The minimum atomic E-state index is -0.174. The van der Waals surface area contributed by atoms with Crippen molar-refractivity contribution >= 4 is 5.91 Å². The molecular weight excluding hydrogens is 244 g/mol. The van der Waals surface area contributed by atoms with Gasteiger partial charge in [-0.3, -0.25) is 4.79 Å². The summed E-state index contributed by atoms with van der Waals surface area (Å²) < 4.78 is 5.11. The third kappa shape index (κ3) is 4.02. The van der Waals surface area contributed by atoms with Crippen molar-refractivity contribution in [1.29, 1.82) is 0 Å². The maximum atomic E-state index is 11.9. The summed E-state index contributed by atoms with van der Waals surface area (Å²) in [7, 11) is 0. The molecule has 6 nitrogen and oxygen atoms in total. The van der Waals surface area contributed by atoms with Crippen molar-refractivity contribution in [3.63, 3.8) is 0 Å². The first kappa shape index (κ1) is 14.0. The second-order valence-electron chi connectivity index (χ2n) is 5.01. The van der Waals surface area contributed by atoms with Gasteiger partial charge in [-0.15, -0.1) is 0 Å². The van der Waals surface area contributed by atoms with Crippen LogP contribution in [0.25, 0.3) is 0 Å². The number of hydrogen-bond acceptors (Lipinski definition) is 5. The molecule has 19 heavy (non-hydrogen) atoms. The van der Waals surface area contributed by atoms with Gasteiger partial charge in [-0.2, -0.15) is 4.98 Å². The second kappa shape index (κ2) is 6.65. The van der Waals surface area contributed by atoms with Gasteiger partial charge in [-0.05, 0) is 39.3 Å². The van der Waals surface area contributed by atoms with E-state index >= 15 is 0 Å². The van der Waals surface area contributed by atoms with Crippen molar-refractivity contribution in [1.82, 2.24) is 20.4 Å². The van der Waals surface area contributed by atoms with E-state index in [0.29, 0.717) is 18.1 Å². The number of amides is 1. The van der Waals surface area contributed by atoms with Crippen LogP contribution in [0.15, 0.2) is 4.52 Å². The third-order valence-corrected chi connectivity index (χ3v) is 3.44. The Labute approximate surface area is 113 Å². The lowest BCUT2D eigenvalue weighted by Gasteiger charge is -2.16. The molecule has 2 rings (SSSR count). The Morgan fingerprint density at radius 2 is 2.21 bits per heavy atom. The highest BCUT2D eigenvalue weighted by atomic mass is 16.5. The van der Waals surface area contributed by atoms with Gasteiger partial charge in [0.15, 0.2) is 5.82 Å². The summed E-state index contributed by atoms with van der Waals surface area (Å²) in [4.78, 5) is 18.4. The van der Waals surface area contributed by atoms with Gasteiger partial charge in [0.05, 0.1) is 0 Å². The lowest BCUT2D eigenvalue weighted by atomic mass is 10.2. The Balaban J connectivity index is 1.79. The molecule has 0 aromatic carbocycles. The highest BCUT2D eigenvalue weighted by Crippen LogP contribution is 2.14. The monoisotopic (exact) mass is 266 g/mol. The molecule has 0 spiro atoms. The number of aryl methyl sites for hydroxylation is 1. The zero-order chi connectivity index (χ0) is 13.7. The van der Waals surface area contributed by atoms with E-state index < -0.39 is 0 Å². The van der Waals surface area contributed by atoms with E-state index in [1.165, 1.54) is 12.8 Å². The molecule has 1 aromatic rings. The van der Waals surface area contributed by atoms with Gasteiger partial charge in [0.1, 0.15) is 6.04 Å². The normalized spacial score (nSPS) is 17.6. The van der Waals surface area contributed by atoms with Crippen LogP contribution >= 0.6 is 0 Å². The number of likely N-dealkylation sites (tertiary alicyclic amines) is 1. The summed E-state index contributed by atoms with van der Waals surface area (Å²) in [5, 5.41) is 6.71. The molecule has 0 radical (unpaired) electrons. The van der Waals surface area contributed by atoms with Gasteiger partial charge in [-0.1, -0.05) is 12.1 Å². The summed E-state index contributed by atoms with van der Waals surface area (Å²) in [6.07, 6.45) is 3.78. The summed E-state index contributed by atoms with van der Waals surface area (Å²) in [5.41, 5.74) is 0. The van der Waals surface area contributed by atoms with Gasteiger partial charge in [-0.25, -0.2) is 0 Å². The van der Waals surface area contributed by atoms with Crippen LogP contribution in [-0.4, -0.2) is 40.6 Å². The van der Waals surface area contributed by atoms with Crippen LogP contribution in [0, 0.1) is 6.92 Å². The molecule has 1 aliphatic rings. The highest BCUT2D eigenvalue weighted by Gasteiger charge is 2.19. The summed E-state index contributed by atoms with van der Waals surface area (Å²) in [6, 6.07) is -0.174. The predicted molar refractivity (Wildman–Crippen MR) is 70.5 cm³/mol. The van der Waals surface area contributed by atoms with Crippen molar-refractivity contribution in [3.05, 3.63) is 11.7 Å². The highest BCUT2D eigenvalue weighted by molar-refractivity contribution is 5.76. The lowest BCUT2D eigenvalue weighted by Crippen LogP contribution is -2.32. The molecule has 1 saturated heterocycles. The molecule has 0 saturated carbocycles. The van der Waals surface area contributed by atoms with E-state index in [4.69, 9.17) is 4.52 Å². The fourth-order valence-electron chi connectivity index (χ4n) is 2.33. The van der Waals surface area contributed by atoms with Crippen LogP contribution in [0.3, 0.4) is 0 Å². The number of nitrogens with one attached hydrogen (secondary N) is 1. The maximum absolute atomic E-state index is 11.9. The lowest BCUT2D eigenvalue weighted by molar-refractivity contribution is -0.122. The Hall–Kier alpha value is -1.43. The second-order valence-corrected chi connectivity index (χ2v) is 5.01. The molecule has 0 bridgehead atoms. The Kier molecular flexibility index (Phi) is 4.90. The number of nitrogens with zero attached hydrogens (tertiary/aromatic N) is 3. The first-order valence-electron chi connectivity index (χ1n) is 7.01. The summed E-state index contributed by atoms with van der Waals surface area (Å²) in [6.45, 7) is 6.84. The van der Waals surface area contributed by atoms with Crippen molar-refractivity contribution in [2.75, 3.05) is 19.6 Å². The predicted octanol–water partition coefficient (Wildman–Crippen LogP) is 1.43. The van der Waals surface area contributed by atoms with Crippen LogP contribution < -0.4 is 5.32 Å². The SMILES string of the molecule is CC[C@@H](NC(=O)CCN1CCCC1)c1nc(C)no1. The molecule has 1 atom stereocenters. The maximum Gasteiger partial charge on any atom is 0.249 e. The number of carbonyl (C=O) groups excluding carboxylic acids is 1. The van der Waals surface area contributed by atoms with Crippen LogP contribution in [0.5, 0.6) is 0 Å². The quantitative estimate of drug-likeness (QED) is 0.843. The first-order chi connectivity index (χ1) is 9.19.